The second kappa shape index (κ2) is 7.86. The predicted octanol–water partition coefficient (Wildman–Crippen LogP) is 4.32. The molecule has 0 radical (unpaired) electrons. The van der Waals surface area contributed by atoms with Crippen LogP contribution in [-0.4, -0.2) is 30.2 Å². The third-order valence-electron chi connectivity index (χ3n) is 3.40. The highest BCUT2D eigenvalue weighted by atomic mass is 32.1. The van der Waals surface area contributed by atoms with Gasteiger partial charge >= 0.3 is 0 Å². The minimum atomic E-state index is 0.787. The molecule has 0 saturated carbocycles. The number of anilines is 1. The monoisotopic (exact) mass is 336 g/mol. The molecule has 0 aliphatic rings. The largest absolute Gasteiger partial charge is 0.305 e. The van der Waals surface area contributed by atoms with Gasteiger partial charge in [0.15, 0.2) is 0 Å². The topological polar surface area (TPSA) is 40.5 Å². The number of nitrogens with zero attached hydrogens (tertiary/aromatic N) is 3. The van der Waals surface area contributed by atoms with E-state index >= 15 is 0 Å². The van der Waals surface area contributed by atoms with Gasteiger partial charge in [-0.05, 0) is 31.3 Å². The number of aromatic nitrogens is 1. The van der Waals surface area contributed by atoms with Gasteiger partial charge in [-0.15, -0.1) is 11.3 Å². The van der Waals surface area contributed by atoms with Crippen molar-refractivity contribution in [3.63, 3.8) is 0 Å². The van der Waals surface area contributed by atoms with Gasteiger partial charge in [0.25, 0.3) is 0 Å². The van der Waals surface area contributed by atoms with Gasteiger partial charge in [-0.2, -0.15) is 5.10 Å². The SMILES string of the molecule is CN(C)Cc1cccc(C=NNc2nc(-c3ccccc3)cs2)c1. The molecule has 122 valence electrons. The summed E-state index contributed by atoms with van der Waals surface area (Å²) in [6.45, 7) is 0.919. The van der Waals surface area contributed by atoms with Gasteiger partial charge in [-0.3, -0.25) is 5.43 Å². The van der Waals surface area contributed by atoms with Gasteiger partial charge in [-0.25, -0.2) is 4.98 Å². The van der Waals surface area contributed by atoms with Crippen LogP contribution in [0.5, 0.6) is 0 Å². The Morgan fingerprint density at radius 3 is 2.75 bits per heavy atom. The summed E-state index contributed by atoms with van der Waals surface area (Å²) < 4.78 is 0. The molecule has 0 aliphatic heterocycles. The van der Waals surface area contributed by atoms with E-state index in [0.717, 1.165) is 28.5 Å². The Bertz CT molecular complexity index is 809. The standard InChI is InChI=1S/C19H20N4S/c1-23(2)13-16-8-6-7-15(11-16)12-20-22-19-21-18(14-24-19)17-9-4-3-5-10-17/h3-12,14H,13H2,1-2H3,(H,21,22). The summed E-state index contributed by atoms with van der Waals surface area (Å²) in [5, 5.41) is 7.12. The first-order chi connectivity index (χ1) is 11.7. The van der Waals surface area contributed by atoms with Gasteiger partial charge in [0.05, 0.1) is 11.9 Å². The highest BCUT2D eigenvalue weighted by molar-refractivity contribution is 7.14. The van der Waals surface area contributed by atoms with E-state index in [4.69, 9.17) is 0 Å². The van der Waals surface area contributed by atoms with Crippen molar-refractivity contribution >= 4 is 22.7 Å². The van der Waals surface area contributed by atoms with E-state index in [-0.39, 0.29) is 0 Å². The molecule has 4 nitrogen and oxygen atoms in total. The Balaban J connectivity index is 1.64. The normalized spacial score (nSPS) is 11.3. The molecule has 1 aromatic heterocycles. The van der Waals surface area contributed by atoms with Gasteiger partial charge in [0, 0.05) is 17.5 Å². The molecule has 0 amide bonds. The minimum absolute atomic E-state index is 0.787. The number of rotatable bonds is 6. The molecule has 3 aromatic rings. The first kappa shape index (κ1) is 16.4. The maximum absolute atomic E-state index is 4.56. The molecule has 1 heterocycles. The highest BCUT2D eigenvalue weighted by Gasteiger charge is 2.02. The molecule has 0 atom stereocenters. The lowest BCUT2D eigenvalue weighted by atomic mass is 10.1. The van der Waals surface area contributed by atoms with Crippen molar-refractivity contribution in [1.29, 1.82) is 0 Å². The average Bonchev–Trinajstić information content (AvgIpc) is 3.04. The zero-order valence-corrected chi connectivity index (χ0v) is 14.6. The molecule has 0 spiro atoms. The third-order valence-corrected chi connectivity index (χ3v) is 4.14. The summed E-state index contributed by atoms with van der Waals surface area (Å²) in [4.78, 5) is 6.70. The maximum atomic E-state index is 4.56. The molecule has 1 N–H and O–H groups in total. The van der Waals surface area contributed by atoms with Crippen LogP contribution < -0.4 is 5.43 Å². The van der Waals surface area contributed by atoms with Gasteiger partial charge in [0.1, 0.15) is 0 Å². The minimum Gasteiger partial charge on any atom is -0.305 e. The molecule has 0 unspecified atom stereocenters. The van der Waals surface area contributed by atoms with E-state index in [0.29, 0.717) is 0 Å². The predicted molar refractivity (Wildman–Crippen MR) is 103 cm³/mol. The van der Waals surface area contributed by atoms with Crippen LogP contribution in [0.2, 0.25) is 0 Å². The van der Waals surface area contributed by atoms with Crippen LogP contribution >= 0.6 is 11.3 Å². The van der Waals surface area contributed by atoms with Crippen LogP contribution in [0, 0.1) is 0 Å². The summed E-state index contributed by atoms with van der Waals surface area (Å²) in [7, 11) is 4.13. The number of hydrazone groups is 1. The molecule has 0 bridgehead atoms. The van der Waals surface area contributed by atoms with Crippen molar-refractivity contribution in [2.45, 2.75) is 6.54 Å². The molecule has 2 aromatic carbocycles. The van der Waals surface area contributed by atoms with E-state index in [2.05, 4.69) is 64.8 Å². The van der Waals surface area contributed by atoms with Crippen molar-refractivity contribution in [3.05, 3.63) is 71.1 Å². The van der Waals surface area contributed by atoms with Gasteiger partial charge < -0.3 is 4.90 Å². The fourth-order valence-electron chi connectivity index (χ4n) is 2.37. The van der Waals surface area contributed by atoms with E-state index in [9.17, 15) is 0 Å². The van der Waals surface area contributed by atoms with Crippen molar-refractivity contribution in [2.75, 3.05) is 19.5 Å². The smallest absolute Gasteiger partial charge is 0.203 e. The molecule has 3 rings (SSSR count). The number of hydrogen-bond donors (Lipinski definition) is 1. The van der Waals surface area contributed by atoms with Gasteiger partial charge in [0.2, 0.25) is 5.13 Å². The second-order valence-electron chi connectivity index (χ2n) is 5.76. The van der Waals surface area contributed by atoms with Crippen LogP contribution in [0.4, 0.5) is 5.13 Å². The van der Waals surface area contributed by atoms with E-state index < -0.39 is 0 Å². The molecular weight excluding hydrogens is 316 g/mol. The lowest BCUT2D eigenvalue weighted by molar-refractivity contribution is 0.402. The average molecular weight is 336 g/mol. The molecule has 0 saturated heterocycles. The zero-order chi connectivity index (χ0) is 16.8. The van der Waals surface area contributed by atoms with Crippen molar-refractivity contribution in [3.8, 4) is 11.3 Å². The Hall–Kier alpha value is -2.50. The Kier molecular flexibility index (Phi) is 5.36. The Morgan fingerprint density at radius 2 is 1.96 bits per heavy atom. The molecular formula is C19H20N4S. The quantitative estimate of drug-likeness (QED) is 0.538. The fraction of sp³-hybridized carbons (Fsp3) is 0.158. The van der Waals surface area contributed by atoms with Crippen LogP contribution in [0.15, 0.2) is 65.1 Å². The number of hydrogen-bond acceptors (Lipinski definition) is 5. The van der Waals surface area contributed by atoms with E-state index in [1.165, 1.54) is 5.56 Å². The van der Waals surface area contributed by atoms with Crippen molar-refractivity contribution in [2.24, 2.45) is 5.10 Å². The van der Waals surface area contributed by atoms with Crippen molar-refractivity contribution in [1.82, 2.24) is 9.88 Å². The first-order valence-electron chi connectivity index (χ1n) is 7.74. The zero-order valence-electron chi connectivity index (χ0n) is 13.8. The Morgan fingerprint density at radius 1 is 1.12 bits per heavy atom. The highest BCUT2D eigenvalue weighted by Crippen LogP contribution is 2.24. The van der Waals surface area contributed by atoms with Gasteiger partial charge in [-0.1, -0.05) is 48.5 Å². The van der Waals surface area contributed by atoms with Crippen LogP contribution in [0.1, 0.15) is 11.1 Å². The lowest BCUT2D eigenvalue weighted by Gasteiger charge is -2.09. The second-order valence-corrected chi connectivity index (χ2v) is 6.61. The Labute approximate surface area is 146 Å². The third kappa shape index (κ3) is 4.50. The summed E-state index contributed by atoms with van der Waals surface area (Å²) >= 11 is 1.55. The number of benzene rings is 2. The summed E-state index contributed by atoms with van der Waals surface area (Å²) in [6, 6.07) is 18.5. The summed E-state index contributed by atoms with van der Waals surface area (Å²) in [5.74, 6) is 0. The number of thiazole rings is 1. The van der Waals surface area contributed by atoms with Crippen LogP contribution in [0.3, 0.4) is 0 Å². The maximum Gasteiger partial charge on any atom is 0.203 e. The fourth-order valence-corrected chi connectivity index (χ4v) is 3.03. The summed E-state index contributed by atoms with van der Waals surface area (Å²) in [5.41, 5.74) is 7.43. The van der Waals surface area contributed by atoms with E-state index in [1.807, 2.05) is 35.9 Å². The molecule has 24 heavy (non-hydrogen) atoms. The molecule has 0 aliphatic carbocycles. The first-order valence-corrected chi connectivity index (χ1v) is 8.62. The molecule has 5 heteroatoms. The van der Waals surface area contributed by atoms with E-state index in [1.54, 1.807) is 11.3 Å². The number of nitrogens with one attached hydrogen (secondary N) is 1. The van der Waals surface area contributed by atoms with Crippen LogP contribution in [-0.2, 0) is 6.54 Å². The summed E-state index contributed by atoms with van der Waals surface area (Å²) in [6.07, 6.45) is 1.82. The lowest BCUT2D eigenvalue weighted by Crippen LogP contribution is -2.10. The molecule has 0 fully saturated rings. The van der Waals surface area contributed by atoms with Crippen LogP contribution in [0.25, 0.3) is 11.3 Å². The van der Waals surface area contributed by atoms with Crippen molar-refractivity contribution < 1.29 is 0 Å².